The van der Waals surface area contributed by atoms with Crippen LogP contribution in [0.5, 0.6) is 5.88 Å². The molecule has 0 aliphatic rings. The highest BCUT2D eigenvalue weighted by Crippen LogP contribution is 2.22. The molecule has 98 valence electrons. The zero-order chi connectivity index (χ0) is 13.7. The Morgan fingerprint density at radius 3 is 2.89 bits per heavy atom. The highest BCUT2D eigenvalue weighted by atomic mass is 16.5. The summed E-state index contributed by atoms with van der Waals surface area (Å²) < 4.78 is 5.55. The van der Waals surface area contributed by atoms with Crippen LogP contribution in [-0.4, -0.2) is 27.7 Å². The Morgan fingerprint density at radius 2 is 2.16 bits per heavy atom. The number of unbranched alkanes of at least 4 members (excludes halogenated alkanes) is 1. The van der Waals surface area contributed by atoms with E-state index in [9.17, 15) is 4.79 Å². The molecule has 2 aromatic rings. The average Bonchev–Trinajstić information content (AvgIpc) is 2.43. The summed E-state index contributed by atoms with van der Waals surface area (Å²) in [5.74, 6) is -1.11. The van der Waals surface area contributed by atoms with Crippen molar-refractivity contribution >= 4 is 16.9 Å². The second kappa shape index (κ2) is 5.95. The maximum absolute atomic E-state index is 11.0. The highest BCUT2D eigenvalue weighted by molar-refractivity contribution is 5.89. The van der Waals surface area contributed by atoms with E-state index in [0.717, 1.165) is 12.8 Å². The predicted molar refractivity (Wildman–Crippen MR) is 71.4 cm³/mol. The van der Waals surface area contributed by atoms with Crippen molar-refractivity contribution in [3.63, 3.8) is 0 Å². The number of carboxylic acid groups (broad SMARTS) is 1. The molecule has 1 aromatic carbocycles. The SMILES string of the molecule is C=CCCCOc1nc(C(=O)O)nc2ccccc12. The minimum absolute atomic E-state index is 0.252. The molecule has 0 aliphatic carbocycles. The number of aromatic nitrogens is 2. The van der Waals surface area contributed by atoms with Gasteiger partial charge in [-0.1, -0.05) is 18.2 Å². The van der Waals surface area contributed by atoms with Gasteiger partial charge in [0.2, 0.25) is 11.7 Å². The van der Waals surface area contributed by atoms with Gasteiger partial charge in [-0.05, 0) is 25.0 Å². The molecule has 1 heterocycles. The summed E-state index contributed by atoms with van der Waals surface area (Å²) in [5.41, 5.74) is 0.564. The molecule has 1 N–H and O–H groups in total. The third-order valence-electron chi connectivity index (χ3n) is 2.55. The van der Waals surface area contributed by atoms with E-state index in [1.807, 2.05) is 18.2 Å². The molecule has 0 radical (unpaired) electrons. The quantitative estimate of drug-likeness (QED) is 0.637. The number of rotatable bonds is 6. The second-order valence-electron chi connectivity index (χ2n) is 3.95. The van der Waals surface area contributed by atoms with Crippen molar-refractivity contribution in [2.24, 2.45) is 0 Å². The largest absolute Gasteiger partial charge is 0.477 e. The lowest BCUT2D eigenvalue weighted by molar-refractivity contribution is 0.0682. The molecule has 19 heavy (non-hydrogen) atoms. The van der Waals surface area contributed by atoms with Gasteiger partial charge in [0, 0.05) is 0 Å². The molecule has 1 aromatic heterocycles. The van der Waals surface area contributed by atoms with Gasteiger partial charge in [0.05, 0.1) is 17.5 Å². The Hall–Kier alpha value is -2.43. The normalized spacial score (nSPS) is 10.3. The molecule has 0 unspecified atom stereocenters. The molecule has 0 fully saturated rings. The van der Waals surface area contributed by atoms with Crippen molar-refractivity contribution in [3.8, 4) is 5.88 Å². The fraction of sp³-hybridized carbons (Fsp3) is 0.214. The third-order valence-corrected chi connectivity index (χ3v) is 2.55. The van der Waals surface area contributed by atoms with E-state index >= 15 is 0 Å². The van der Waals surface area contributed by atoms with Gasteiger partial charge in [-0.25, -0.2) is 9.78 Å². The molecule has 0 spiro atoms. The van der Waals surface area contributed by atoms with Crippen LogP contribution in [0, 0.1) is 0 Å². The van der Waals surface area contributed by atoms with Crippen LogP contribution in [-0.2, 0) is 0 Å². The van der Waals surface area contributed by atoms with E-state index in [4.69, 9.17) is 9.84 Å². The van der Waals surface area contributed by atoms with Gasteiger partial charge in [0.1, 0.15) is 0 Å². The molecule has 2 rings (SSSR count). The fourth-order valence-corrected chi connectivity index (χ4v) is 1.65. The van der Waals surface area contributed by atoms with Crippen molar-refractivity contribution in [1.82, 2.24) is 9.97 Å². The van der Waals surface area contributed by atoms with Crippen molar-refractivity contribution in [3.05, 3.63) is 42.7 Å². The smallest absolute Gasteiger partial charge is 0.374 e. The van der Waals surface area contributed by atoms with Crippen LogP contribution in [0.25, 0.3) is 10.9 Å². The molecule has 5 nitrogen and oxygen atoms in total. The Kier molecular flexibility index (Phi) is 4.07. The summed E-state index contributed by atoms with van der Waals surface area (Å²) in [6, 6.07) is 7.18. The number of benzene rings is 1. The maximum Gasteiger partial charge on any atom is 0.374 e. The predicted octanol–water partition coefficient (Wildman–Crippen LogP) is 2.67. The van der Waals surface area contributed by atoms with E-state index in [2.05, 4.69) is 16.5 Å². The zero-order valence-corrected chi connectivity index (χ0v) is 10.4. The summed E-state index contributed by atoms with van der Waals surface area (Å²) in [7, 11) is 0. The van der Waals surface area contributed by atoms with Crippen LogP contribution in [0.3, 0.4) is 0 Å². The van der Waals surface area contributed by atoms with Crippen LogP contribution < -0.4 is 4.74 Å². The number of carboxylic acids is 1. The first-order valence-electron chi connectivity index (χ1n) is 5.96. The van der Waals surface area contributed by atoms with Crippen LogP contribution in [0.4, 0.5) is 0 Å². The molecular weight excluding hydrogens is 244 g/mol. The molecule has 0 saturated heterocycles. The van der Waals surface area contributed by atoms with Crippen LogP contribution in [0.15, 0.2) is 36.9 Å². The van der Waals surface area contributed by atoms with E-state index in [1.54, 1.807) is 12.1 Å². The number of nitrogens with zero attached hydrogens (tertiary/aromatic N) is 2. The molecule has 5 heteroatoms. The first kappa shape index (κ1) is 13.0. The number of fused-ring (bicyclic) bond motifs is 1. The summed E-state index contributed by atoms with van der Waals surface area (Å²) in [6.07, 6.45) is 3.46. The standard InChI is InChI=1S/C14H14N2O3/c1-2-3-6-9-19-13-10-7-4-5-8-11(10)15-12(16-13)14(17)18/h2,4-5,7-8H,1,3,6,9H2,(H,17,18). The molecular formula is C14H14N2O3. The summed E-state index contributed by atoms with van der Waals surface area (Å²) in [4.78, 5) is 18.9. The second-order valence-corrected chi connectivity index (χ2v) is 3.95. The molecule has 0 bridgehead atoms. The molecule has 0 amide bonds. The van der Waals surface area contributed by atoms with Crippen molar-refractivity contribution in [1.29, 1.82) is 0 Å². The van der Waals surface area contributed by atoms with Gasteiger partial charge in [-0.15, -0.1) is 6.58 Å². The van der Waals surface area contributed by atoms with E-state index in [1.165, 1.54) is 0 Å². The van der Waals surface area contributed by atoms with Gasteiger partial charge in [0.25, 0.3) is 0 Å². The third kappa shape index (κ3) is 3.07. The first-order chi connectivity index (χ1) is 9.22. The van der Waals surface area contributed by atoms with Gasteiger partial charge >= 0.3 is 5.97 Å². The van der Waals surface area contributed by atoms with Gasteiger partial charge < -0.3 is 9.84 Å². The Labute approximate surface area is 110 Å². The molecule has 0 atom stereocenters. The minimum Gasteiger partial charge on any atom is -0.477 e. The Balaban J connectivity index is 2.33. The van der Waals surface area contributed by atoms with Crippen LogP contribution in [0.2, 0.25) is 0 Å². The number of hydrogen-bond donors (Lipinski definition) is 1. The number of aromatic carboxylic acids is 1. The zero-order valence-electron chi connectivity index (χ0n) is 10.4. The van der Waals surface area contributed by atoms with E-state index in [-0.39, 0.29) is 5.82 Å². The van der Waals surface area contributed by atoms with Crippen LogP contribution in [0.1, 0.15) is 23.5 Å². The van der Waals surface area contributed by atoms with E-state index < -0.39 is 5.97 Å². The molecule has 0 aliphatic heterocycles. The lowest BCUT2D eigenvalue weighted by Gasteiger charge is -2.08. The maximum atomic E-state index is 11.0. The van der Waals surface area contributed by atoms with Crippen molar-refractivity contribution in [2.75, 3.05) is 6.61 Å². The summed E-state index contributed by atoms with van der Waals surface area (Å²) >= 11 is 0. The Morgan fingerprint density at radius 1 is 1.37 bits per heavy atom. The van der Waals surface area contributed by atoms with E-state index in [0.29, 0.717) is 23.4 Å². The molecule has 0 saturated carbocycles. The van der Waals surface area contributed by atoms with Gasteiger partial charge in [-0.3, -0.25) is 0 Å². The lowest BCUT2D eigenvalue weighted by Crippen LogP contribution is -2.08. The van der Waals surface area contributed by atoms with Crippen molar-refractivity contribution < 1.29 is 14.6 Å². The average molecular weight is 258 g/mol. The van der Waals surface area contributed by atoms with Crippen LogP contribution >= 0.6 is 0 Å². The van der Waals surface area contributed by atoms with Crippen molar-refractivity contribution in [2.45, 2.75) is 12.8 Å². The highest BCUT2D eigenvalue weighted by Gasteiger charge is 2.13. The number of para-hydroxylation sites is 1. The number of allylic oxidation sites excluding steroid dienone is 1. The van der Waals surface area contributed by atoms with Gasteiger partial charge in [0.15, 0.2) is 0 Å². The Bertz CT molecular complexity index is 611. The number of carbonyl (C=O) groups is 1. The van der Waals surface area contributed by atoms with Gasteiger partial charge in [-0.2, -0.15) is 4.98 Å². The fourth-order valence-electron chi connectivity index (χ4n) is 1.65. The number of ether oxygens (including phenoxy) is 1. The minimum atomic E-state index is -1.17. The first-order valence-corrected chi connectivity index (χ1v) is 5.96. The lowest BCUT2D eigenvalue weighted by atomic mass is 10.2. The monoisotopic (exact) mass is 258 g/mol. The number of hydrogen-bond acceptors (Lipinski definition) is 4. The summed E-state index contributed by atoms with van der Waals surface area (Å²) in [6.45, 7) is 4.10. The summed E-state index contributed by atoms with van der Waals surface area (Å²) in [5, 5.41) is 9.70. The topological polar surface area (TPSA) is 72.3 Å².